The maximum atomic E-state index is 2.43. The third kappa shape index (κ3) is 8.28. The summed E-state index contributed by atoms with van der Waals surface area (Å²) in [5.41, 5.74) is 5.14. The van der Waals surface area contributed by atoms with Crippen LogP contribution in [0.3, 0.4) is 0 Å². The molecule has 0 saturated carbocycles. The summed E-state index contributed by atoms with van der Waals surface area (Å²) < 4.78 is 0. The van der Waals surface area contributed by atoms with Crippen LogP contribution in [0.25, 0.3) is 24.3 Å². The van der Waals surface area contributed by atoms with E-state index in [2.05, 4.69) is 220 Å². The summed E-state index contributed by atoms with van der Waals surface area (Å²) in [6.45, 7) is 9.71. The zero-order valence-electron chi connectivity index (χ0n) is 27.5. The summed E-state index contributed by atoms with van der Waals surface area (Å²) in [5, 5.41) is 5.91. The topological polar surface area (TPSA) is 0 Å². The van der Waals surface area contributed by atoms with Crippen LogP contribution in [0.5, 0.6) is 0 Å². The highest BCUT2D eigenvalue weighted by molar-refractivity contribution is 7.01. The van der Waals surface area contributed by atoms with Gasteiger partial charge >= 0.3 is 0 Å². The van der Waals surface area contributed by atoms with Crippen molar-refractivity contribution in [3.63, 3.8) is 0 Å². The van der Waals surface area contributed by atoms with E-state index in [1.165, 1.54) is 43.0 Å². The zero-order valence-corrected chi connectivity index (χ0v) is 29.5. The van der Waals surface area contributed by atoms with Gasteiger partial charge < -0.3 is 0 Å². The lowest BCUT2D eigenvalue weighted by Crippen LogP contribution is -2.53. The van der Waals surface area contributed by atoms with E-state index in [9.17, 15) is 0 Å². The fourth-order valence-electron chi connectivity index (χ4n) is 5.94. The second kappa shape index (κ2) is 15.5. The third-order valence-corrected chi connectivity index (χ3v) is 15.9. The quantitative estimate of drug-likeness (QED) is 0.116. The molecule has 0 spiro atoms. The lowest BCUT2D eigenvalue weighted by Gasteiger charge is -2.25. The van der Waals surface area contributed by atoms with Gasteiger partial charge in [0.2, 0.25) is 0 Å². The smallest absolute Gasteiger partial charge is 0.0626 e. The number of hydrogen-bond acceptors (Lipinski definition) is 0. The first-order valence-corrected chi connectivity index (χ1v) is 22.1. The van der Waals surface area contributed by atoms with Crippen molar-refractivity contribution in [2.45, 2.75) is 26.2 Å². The fraction of sp³-hybridized carbons (Fsp3) is 0.0909. The molecule has 0 bridgehead atoms. The minimum atomic E-state index is -1.69. The summed E-state index contributed by atoms with van der Waals surface area (Å²) in [5.74, 6) is 0. The Labute approximate surface area is 278 Å². The molecule has 2 heteroatoms. The van der Waals surface area contributed by atoms with Crippen molar-refractivity contribution in [2.24, 2.45) is 0 Å². The van der Waals surface area contributed by atoms with Gasteiger partial charge in [0.25, 0.3) is 0 Å². The predicted octanol–water partition coefficient (Wildman–Crippen LogP) is 9.36. The van der Waals surface area contributed by atoms with E-state index in [1.54, 1.807) is 0 Å². The van der Waals surface area contributed by atoms with Gasteiger partial charge in [0.1, 0.15) is 16.1 Å². The Morgan fingerprint density at radius 1 is 0.304 bits per heavy atom. The van der Waals surface area contributed by atoms with E-state index in [0.717, 1.165) is 0 Å². The van der Waals surface area contributed by atoms with E-state index in [0.29, 0.717) is 0 Å². The molecular formula is C44H44Si2. The first-order valence-electron chi connectivity index (χ1n) is 16.1. The van der Waals surface area contributed by atoms with Crippen LogP contribution >= 0.6 is 0 Å². The van der Waals surface area contributed by atoms with Crippen LogP contribution < -0.4 is 20.7 Å². The molecule has 0 aliphatic heterocycles. The molecule has 6 aromatic carbocycles. The Morgan fingerprint density at radius 2 is 0.587 bits per heavy atom. The summed E-state index contributed by atoms with van der Waals surface area (Å²) >= 11 is 0. The van der Waals surface area contributed by atoms with Crippen molar-refractivity contribution in [3.05, 3.63) is 192 Å². The van der Waals surface area contributed by atoms with E-state index in [-0.39, 0.29) is 0 Å². The maximum Gasteiger partial charge on any atom is 0.112 e. The molecule has 0 unspecified atom stereocenters. The lowest BCUT2D eigenvalue weighted by atomic mass is 10.1. The van der Waals surface area contributed by atoms with Crippen LogP contribution in [0.2, 0.25) is 26.2 Å². The Hall–Kier alpha value is -4.77. The van der Waals surface area contributed by atoms with Gasteiger partial charge in [-0.05, 0) is 32.6 Å². The van der Waals surface area contributed by atoms with Gasteiger partial charge in [-0.2, -0.15) is 0 Å². The highest BCUT2D eigenvalue weighted by Crippen LogP contribution is 2.14. The van der Waals surface area contributed by atoms with E-state index in [1.807, 2.05) is 0 Å². The predicted molar refractivity (Wildman–Crippen MR) is 210 cm³/mol. The minimum Gasteiger partial charge on any atom is -0.0626 e. The Kier molecular flexibility index (Phi) is 11.0. The normalized spacial score (nSPS) is 11.7. The molecule has 228 valence electrons. The second-order valence-corrected chi connectivity index (χ2v) is 21.4. The number of benzene rings is 6. The third-order valence-electron chi connectivity index (χ3n) is 8.77. The number of rotatable bonds is 8. The van der Waals surface area contributed by atoms with Crippen LogP contribution in [0.1, 0.15) is 22.3 Å². The lowest BCUT2D eigenvalue weighted by molar-refractivity contribution is 1.64. The van der Waals surface area contributed by atoms with Gasteiger partial charge in [0, 0.05) is 0 Å². The Morgan fingerprint density at radius 3 is 0.935 bits per heavy atom. The average molecular weight is 629 g/mol. The molecule has 0 atom stereocenters. The van der Waals surface area contributed by atoms with Crippen LogP contribution in [-0.4, -0.2) is 16.1 Å². The van der Waals surface area contributed by atoms with Gasteiger partial charge in [-0.25, -0.2) is 0 Å². The highest BCUT2D eigenvalue weighted by Gasteiger charge is 2.28. The van der Waals surface area contributed by atoms with Gasteiger partial charge in [-0.15, -0.1) is 0 Å². The molecule has 0 aliphatic rings. The molecule has 6 rings (SSSR count). The van der Waals surface area contributed by atoms with Crippen molar-refractivity contribution in [3.8, 4) is 0 Å². The largest absolute Gasteiger partial charge is 0.112 e. The molecule has 0 saturated heterocycles. The zero-order chi connectivity index (χ0) is 32.2. The molecule has 0 aromatic heterocycles. The van der Waals surface area contributed by atoms with Gasteiger partial charge in [-0.3, -0.25) is 0 Å². The minimum absolute atomic E-state index is 1.24. The average Bonchev–Trinajstić information content (AvgIpc) is 3.12. The molecule has 0 heterocycles. The van der Waals surface area contributed by atoms with Crippen LogP contribution in [0, 0.1) is 0 Å². The van der Waals surface area contributed by atoms with Crippen molar-refractivity contribution < 1.29 is 0 Å². The highest BCUT2D eigenvalue weighted by atomic mass is 28.3. The molecule has 0 aliphatic carbocycles. The molecule has 6 aromatic rings. The molecule has 46 heavy (non-hydrogen) atoms. The van der Waals surface area contributed by atoms with Crippen molar-refractivity contribution >= 4 is 61.2 Å². The second-order valence-electron chi connectivity index (χ2n) is 12.6. The van der Waals surface area contributed by atoms with E-state index in [4.69, 9.17) is 0 Å². The summed E-state index contributed by atoms with van der Waals surface area (Å²) in [7, 11) is -3.38. The first kappa shape index (κ1) is 32.6. The summed E-state index contributed by atoms with van der Waals surface area (Å²) in [6.07, 6.45) is 8.91. The van der Waals surface area contributed by atoms with Crippen LogP contribution in [-0.2, 0) is 0 Å². The monoisotopic (exact) mass is 628 g/mol. The van der Waals surface area contributed by atoms with Crippen LogP contribution in [0.4, 0.5) is 0 Å². The first-order chi connectivity index (χ1) is 22.4. The summed E-state index contributed by atoms with van der Waals surface area (Å²) in [4.78, 5) is 0. The van der Waals surface area contributed by atoms with Gasteiger partial charge in [-0.1, -0.05) is 231 Å². The molecule has 0 N–H and O–H groups in total. The standard InChI is InChI=1S/2C22H22Si/c2*1-23(2,21-14-7-4-8-15-21)22-16-10-9-13-20(22)18-17-19-11-5-3-6-12-19/h2*3-18H,1-2H3/b2*18-17+. The van der Waals surface area contributed by atoms with E-state index < -0.39 is 16.1 Å². The Bertz CT molecular complexity index is 1710. The van der Waals surface area contributed by atoms with Crippen molar-refractivity contribution in [1.29, 1.82) is 0 Å². The molecule has 0 nitrogen and oxygen atoms in total. The van der Waals surface area contributed by atoms with Crippen molar-refractivity contribution in [2.75, 3.05) is 0 Å². The maximum absolute atomic E-state index is 2.43. The van der Waals surface area contributed by atoms with Gasteiger partial charge in [0.05, 0.1) is 0 Å². The molecule has 0 radical (unpaired) electrons. The Balaban J connectivity index is 0.000000181. The number of hydrogen-bond donors (Lipinski definition) is 0. The van der Waals surface area contributed by atoms with E-state index >= 15 is 0 Å². The summed E-state index contributed by atoms with van der Waals surface area (Å²) in [6, 6.07) is 60.4. The molecule has 0 amide bonds. The van der Waals surface area contributed by atoms with Crippen molar-refractivity contribution in [1.82, 2.24) is 0 Å². The molecule has 0 fully saturated rings. The molecular weight excluding hydrogens is 585 g/mol. The van der Waals surface area contributed by atoms with Gasteiger partial charge in [0.15, 0.2) is 0 Å². The SMILES string of the molecule is C[Si](C)(c1ccccc1)c1ccccc1/C=C/c1ccccc1.C[Si](C)(c1ccccc1)c1ccccc1/C=C/c1ccccc1. The van der Waals surface area contributed by atoms with Crippen LogP contribution in [0.15, 0.2) is 170 Å². The fourth-order valence-corrected chi connectivity index (χ4v) is 11.4.